The molecule has 0 spiro atoms. The molecule has 2 fully saturated rings. The first-order valence-corrected chi connectivity index (χ1v) is 12.9. The van der Waals surface area contributed by atoms with E-state index in [1.54, 1.807) is 0 Å². The number of rotatable bonds is 9. The SMILES string of the molecule is CCN(CC)c1ccc(-c2cnc(CN(CC3CCCCC3)C3CCCCC3)[nH]2)cc1. The second-order valence-electron chi connectivity index (χ2n) is 9.69. The molecule has 1 N–H and O–H groups in total. The Kier molecular flexibility index (Phi) is 8.07. The number of aromatic nitrogens is 2. The zero-order valence-electron chi connectivity index (χ0n) is 19.8. The van der Waals surface area contributed by atoms with Crippen molar-refractivity contribution >= 4 is 5.69 Å². The quantitative estimate of drug-likeness (QED) is 0.492. The molecule has 4 nitrogen and oxygen atoms in total. The molecule has 2 aliphatic rings. The van der Waals surface area contributed by atoms with E-state index in [0.29, 0.717) is 0 Å². The second kappa shape index (κ2) is 11.2. The lowest BCUT2D eigenvalue weighted by Crippen LogP contribution is -2.40. The van der Waals surface area contributed by atoms with Crippen LogP contribution >= 0.6 is 0 Å². The van der Waals surface area contributed by atoms with Gasteiger partial charge in [-0.25, -0.2) is 4.98 Å². The molecule has 0 bridgehead atoms. The highest BCUT2D eigenvalue weighted by Gasteiger charge is 2.25. The summed E-state index contributed by atoms with van der Waals surface area (Å²) in [7, 11) is 0. The van der Waals surface area contributed by atoms with Gasteiger partial charge in [0, 0.05) is 31.4 Å². The highest BCUT2D eigenvalue weighted by Crippen LogP contribution is 2.30. The third kappa shape index (κ3) is 5.91. The lowest BCUT2D eigenvalue weighted by molar-refractivity contribution is 0.111. The molecular weight excluding hydrogens is 380 g/mol. The predicted molar refractivity (Wildman–Crippen MR) is 131 cm³/mol. The molecule has 2 aromatic rings. The molecule has 0 atom stereocenters. The van der Waals surface area contributed by atoms with E-state index in [9.17, 15) is 0 Å². The third-order valence-corrected chi connectivity index (χ3v) is 7.60. The first kappa shape index (κ1) is 22.4. The van der Waals surface area contributed by atoms with Crippen LogP contribution in [0, 0.1) is 5.92 Å². The van der Waals surface area contributed by atoms with E-state index in [4.69, 9.17) is 4.98 Å². The topological polar surface area (TPSA) is 35.2 Å². The maximum atomic E-state index is 4.80. The van der Waals surface area contributed by atoms with Crippen molar-refractivity contribution in [3.05, 3.63) is 36.3 Å². The maximum absolute atomic E-state index is 4.80. The van der Waals surface area contributed by atoms with Crippen molar-refractivity contribution < 1.29 is 0 Å². The van der Waals surface area contributed by atoms with Gasteiger partial charge in [-0.2, -0.15) is 0 Å². The Labute approximate surface area is 189 Å². The van der Waals surface area contributed by atoms with Crippen molar-refractivity contribution in [3.63, 3.8) is 0 Å². The summed E-state index contributed by atoms with van der Waals surface area (Å²) in [5.41, 5.74) is 3.66. The van der Waals surface area contributed by atoms with Crippen LogP contribution in [0.3, 0.4) is 0 Å². The zero-order valence-corrected chi connectivity index (χ0v) is 19.8. The number of hydrogen-bond donors (Lipinski definition) is 1. The number of benzene rings is 1. The molecule has 2 saturated carbocycles. The monoisotopic (exact) mass is 422 g/mol. The Morgan fingerprint density at radius 1 is 0.871 bits per heavy atom. The summed E-state index contributed by atoms with van der Waals surface area (Å²) in [6.45, 7) is 8.75. The van der Waals surface area contributed by atoms with E-state index < -0.39 is 0 Å². The van der Waals surface area contributed by atoms with Crippen LogP contribution in [0.4, 0.5) is 5.69 Å². The second-order valence-corrected chi connectivity index (χ2v) is 9.69. The number of anilines is 1. The number of nitrogens with zero attached hydrogens (tertiary/aromatic N) is 3. The number of H-pyrrole nitrogens is 1. The summed E-state index contributed by atoms with van der Waals surface area (Å²) in [5, 5.41) is 0. The summed E-state index contributed by atoms with van der Waals surface area (Å²) in [6, 6.07) is 9.68. The zero-order chi connectivity index (χ0) is 21.5. The van der Waals surface area contributed by atoms with Crippen molar-refractivity contribution in [3.8, 4) is 11.3 Å². The molecule has 1 aromatic heterocycles. The van der Waals surface area contributed by atoms with E-state index >= 15 is 0 Å². The van der Waals surface area contributed by atoms with Gasteiger partial charge < -0.3 is 9.88 Å². The average Bonchev–Trinajstić information content (AvgIpc) is 3.30. The summed E-state index contributed by atoms with van der Waals surface area (Å²) in [4.78, 5) is 13.6. The fraction of sp³-hybridized carbons (Fsp3) is 0.667. The molecule has 31 heavy (non-hydrogen) atoms. The molecule has 4 rings (SSSR count). The maximum Gasteiger partial charge on any atom is 0.120 e. The summed E-state index contributed by atoms with van der Waals surface area (Å²) in [5.74, 6) is 2.02. The molecule has 1 heterocycles. The van der Waals surface area contributed by atoms with Crippen molar-refractivity contribution in [2.45, 2.75) is 90.6 Å². The molecule has 170 valence electrons. The largest absolute Gasteiger partial charge is 0.372 e. The van der Waals surface area contributed by atoms with Crippen LogP contribution in [0.25, 0.3) is 11.3 Å². The van der Waals surface area contributed by atoms with E-state index in [0.717, 1.165) is 43.1 Å². The molecular formula is C27H42N4. The number of nitrogens with one attached hydrogen (secondary N) is 1. The Bertz CT molecular complexity index is 765. The van der Waals surface area contributed by atoms with Crippen LogP contribution in [-0.2, 0) is 6.54 Å². The fourth-order valence-electron chi connectivity index (χ4n) is 5.71. The average molecular weight is 423 g/mol. The van der Waals surface area contributed by atoms with E-state index in [-0.39, 0.29) is 0 Å². The van der Waals surface area contributed by atoms with Crippen molar-refractivity contribution in [1.82, 2.24) is 14.9 Å². The molecule has 0 saturated heterocycles. The van der Waals surface area contributed by atoms with Gasteiger partial charge in [0.15, 0.2) is 0 Å². The highest BCUT2D eigenvalue weighted by molar-refractivity contribution is 5.62. The van der Waals surface area contributed by atoms with Crippen LogP contribution < -0.4 is 4.90 Å². The summed E-state index contributed by atoms with van der Waals surface area (Å²) >= 11 is 0. The van der Waals surface area contributed by atoms with Crippen LogP contribution in [0.15, 0.2) is 30.5 Å². The first-order valence-electron chi connectivity index (χ1n) is 12.9. The normalized spacial score (nSPS) is 18.5. The van der Waals surface area contributed by atoms with Crippen LogP contribution in [0.5, 0.6) is 0 Å². The number of aromatic amines is 1. The standard InChI is InChI=1S/C27H42N4/c1-3-30(4-2)25-17-15-23(16-18-25)26-19-28-27(29-26)21-31(24-13-9-6-10-14-24)20-22-11-7-5-8-12-22/h15-19,22,24H,3-14,20-21H2,1-2H3,(H,28,29). The van der Waals surface area contributed by atoms with Gasteiger partial charge in [-0.05, 0) is 63.1 Å². The Morgan fingerprint density at radius 3 is 2.16 bits per heavy atom. The molecule has 0 radical (unpaired) electrons. The molecule has 0 unspecified atom stereocenters. The molecule has 0 amide bonds. The fourth-order valence-corrected chi connectivity index (χ4v) is 5.71. The van der Waals surface area contributed by atoms with Gasteiger partial charge in [-0.1, -0.05) is 50.7 Å². The lowest BCUT2D eigenvalue weighted by atomic mass is 9.87. The van der Waals surface area contributed by atoms with Crippen molar-refractivity contribution in [2.75, 3.05) is 24.5 Å². The molecule has 4 heteroatoms. The van der Waals surface area contributed by atoms with E-state index in [2.05, 4.69) is 52.9 Å². The predicted octanol–water partition coefficient (Wildman–Crippen LogP) is 6.64. The third-order valence-electron chi connectivity index (χ3n) is 7.60. The van der Waals surface area contributed by atoms with E-state index in [1.807, 2.05) is 6.20 Å². The van der Waals surface area contributed by atoms with Gasteiger partial charge in [-0.15, -0.1) is 0 Å². The minimum atomic E-state index is 0.748. The molecule has 2 aliphatic carbocycles. The summed E-state index contributed by atoms with van der Waals surface area (Å²) < 4.78 is 0. The van der Waals surface area contributed by atoms with Gasteiger partial charge in [0.1, 0.15) is 5.82 Å². The minimum absolute atomic E-state index is 0.748. The Morgan fingerprint density at radius 2 is 1.52 bits per heavy atom. The van der Waals surface area contributed by atoms with Gasteiger partial charge >= 0.3 is 0 Å². The van der Waals surface area contributed by atoms with Crippen LogP contribution in [0.1, 0.15) is 83.9 Å². The Hall–Kier alpha value is -1.81. The highest BCUT2D eigenvalue weighted by atomic mass is 15.2. The molecule has 0 aliphatic heterocycles. The first-order chi connectivity index (χ1) is 15.3. The number of imidazole rings is 1. The minimum Gasteiger partial charge on any atom is -0.372 e. The van der Waals surface area contributed by atoms with Crippen LogP contribution in [-0.4, -0.2) is 40.5 Å². The van der Waals surface area contributed by atoms with Crippen molar-refractivity contribution in [1.29, 1.82) is 0 Å². The van der Waals surface area contributed by atoms with Crippen LogP contribution in [0.2, 0.25) is 0 Å². The van der Waals surface area contributed by atoms with Gasteiger partial charge in [0.05, 0.1) is 18.4 Å². The Balaban J connectivity index is 1.44. The van der Waals surface area contributed by atoms with Gasteiger partial charge in [-0.3, -0.25) is 4.90 Å². The van der Waals surface area contributed by atoms with Gasteiger partial charge in [0.2, 0.25) is 0 Å². The summed E-state index contributed by atoms with van der Waals surface area (Å²) in [6.07, 6.45) is 16.1. The number of hydrogen-bond acceptors (Lipinski definition) is 3. The van der Waals surface area contributed by atoms with E-state index in [1.165, 1.54) is 82.0 Å². The smallest absolute Gasteiger partial charge is 0.120 e. The lowest BCUT2D eigenvalue weighted by Gasteiger charge is -2.37. The van der Waals surface area contributed by atoms with Crippen molar-refractivity contribution in [2.24, 2.45) is 5.92 Å². The molecule has 1 aromatic carbocycles. The van der Waals surface area contributed by atoms with Gasteiger partial charge in [0.25, 0.3) is 0 Å².